The Bertz CT molecular complexity index is 581. The van der Waals surface area contributed by atoms with Crippen LogP contribution < -0.4 is 15.4 Å². The summed E-state index contributed by atoms with van der Waals surface area (Å²) in [5, 5.41) is 7.52. The molecule has 0 aromatic heterocycles. The minimum absolute atomic E-state index is 0.117. The van der Waals surface area contributed by atoms with E-state index in [9.17, 15) is 4.39 Å². The van der Waals surface area contributed by atoms with Gasteiger partial charge < -0.3 is 15.4 Å². The standard InChI is InChI=1S/C19H29FN2O/c1-18(2)10-12(11-19(3,4)22-18)21-15-8-6-14-13(15)7-9-16(23-5)17(14)20/h7,9,12,15,21-22H,6,8,10-11H2,1-5H3. The first-order valence-electron chi connectivity index (χ1n) is 8.61. The molecule has 0 bridgehead atoms. The smallest absolute Gasteiger partial charge is 0.168 e. The average Bonchev–Trinajstić information content (AvgIpc) is 2.79. The topological polar surface area (TPSA) is 33.3 Å². The van der Waals surface area contributed by atoms with E-state index in [2.05, 4.69) is 38.3 Å². The van der Waals surface area contributed by atoms with Gasteiger partial charge in [-0.05, 0) is 70.6 Å². The molecule has 0 amide bonds. The van der Waals surface area contributed by atoms with Gasteiger partial charge in [0, 0.05) is 23.2 Å². The van der Waals surface area contributed by atoms with Gasteiger partial charge in [-0.25, -0.2) is 4.39 Å². The van der Waals surface area contributed by atoms with Crippen molar-refractivity contribution in [2.45, 2.75) is 76.5 Å². The summed E-state index contributed by atoms with van der Waals surface area (Å²) >= 11 is 0. The molecule has 1 aliphatic heterocycles. The van der Waals surface area contributed by atoms with Gasteiger partial charge in [-0.15, -0.1) is 0 Å². The van der Waals surface area contributed by atoms with Crippen LogP contribution in [0.1, 0.15) is 64.1 Å². The molecule has 1 aliphatic carbocycles. The Morgan fingerprint density at radius 3 is 2.43 bits per heavy atom. The van der Waals surface area contributed by atoms with Crippen LogP contribution in [0.5, 0.6) is 5.75 Å². The molecule has 1 atom stereocenters. The van der Waals surface area contributed by atoms with E-state index in [1.54, 1.807) is 6.07 Å². The van der Waals surface area contributed by atoms with Crippen LogP contribution in [0.25, 0.3) is 0 Å². The minimum atomic E-state index is -0.180. The zero-order valence-electron chi connectivity index (χ0n) is 14.9. The molecule has 2 N–H and O–H groups in total. The van der Waals surface area contributed by atoms with Gasteiger partial charge in [0.05, 0.1) is 7.11 Å². The third-order valence-corrected chi connectivity index (χ3v) is 5.15. The number of methoxy groups -OCH3 is 1. The number of benzene rings is 1. The highest BCUT2D eigenvalue weighted by atomic mass is 19.1. The molecule has 1 heterocycles. The van der Waals surface area contributed by atoms with Gasteiger partial charge >= 0.3 is 0 Å². The van der Waals surface area contributed by atoms with Gasteiger partial charge in [-0.1, -0.05) is 6.07 Å². The van der Waals surface area contributed by atoms with Crippen LogP contribution in [0, 0.1) is 5.82 Å². The lowest BCUT2D eigenvalue weighted by atomic mass is 9.79. The lowest BCUT2D eigenvalue weighted by molar-refractivity contribution is 0.139. The van der Waals surface area contributed by atoms with Crippen molar-refractivity contribution in [3.63, 3.8) is 0 Å². The van der Waals surface area contributed by atoms with Crippen LogP contribution in [0.3, 0.4) is 0 Å². The number of nitrogens with one attached hydrogen (secondary N) is 2. The molecular formula is C19H29FN2O. The fourth-order valence-electron chi connectivity index (χ4n) is 4.69. The predicted molar refractivity (Wildman–Crippen MR) is 91.5 cm³/mol. The van der Waals surface area contributed by atoms with Crippen LogP contribution >= 0.6 is 0 Å². The van der Waals surface area contributed by atoms with Crippen LogP contribution in [-0.2, 0) is 6.42 Å². The lowest BCUT2D eigenvalue weighted by Crippen LogP contribution is -2.61. The second-order valence-corrected chi connectivity index (χ2v) is 8.41. The van der Waals surface area contributed by atoms with Crippen molar-refractivity contribution >= 4 is 0 Å². The van der Waals surface area contributed by atoms with Gasteiger partial charge in [0.1, 0.15) is 0 Å². The molecule has 1 unspecified atom stereocenters. The molecule has 3 rings (SSSR count). The number of hydrogen-bond donors (Lipinski definition) is 2. The molecule has 128 valence electrons. The van der Waals surface area contributed by atoms with Gasteiger partial charge in [-0.2, -0.15) is 0 Å². The lowest BCUT2D eigenvalue weighted by Gasteiger charge is -2.47. The van der Waals surface area contributed by atoms with Crippen molar-refractivity contribution in [1.82, 2.24) is 10.6 Å². The van der Waals surface area contributed by atoms with Crippen LogP contribution in [-0.4, -0.2) is 24.2 Å². The first-order chi connectivity index (χ1) is 10.7. The Morgan fingerprint density at radius 2 is 1.83 bits per heavy atom. The second-order valence-electron chi connectivity index (χ2n) is 8.41. The van der Waals surface area contributed by atoms with E-state index < -0.39 is 0 Å². The molecular weight excluding hydrogens is 291 g/mol. The highest BCUT2D eigenvalue weighted by Gasteiger charge is 2.39. The third-order valence-electron chi connectivity index (χ3n) is 5.15. The number of rotatable bonds is 3. The maximum absolute atomic E-state index is 14.4. The zero-order valence-corrected chi connectivity index (χ0v) is 14.9. The monoisotopic (exact) mass is 320 g/mol. The zero-order chi connectivity index (χ0) is 16.8. The average molecular weight is 320 g/mol. The summed E-state index contributed by atoms with van der Waals surface area (Å²) in [6, 6.07) is 4.48. The van der Waals surface area contributed by atoms with E-state index in [1.807, 2.05) is 6.07 Å². The van der Waals surface area contributed by atoms with Gasteiger partial charge in [-0.3, -0.25) is 0 Å². The number of ether oxygens (including phenoxy) is 1. The van der Waals surface area contributed by atoms with Crippen molar-refractivity contribution in [3.05, 3.63) is 29.1 Å². The van der Waals surface area contributed by atoms with E-state index in [-0.39, 0.29) is 22.9 Å². The van der Waals surface area contributed by atoms with Crippen LogP contribution in [0.15, 0.2) is 12.1 Å². The Kier molecular flexibility index (Phi) is 4.18. The summed E-state index contributed by atoms with van der Waals surface area (Å²) in [4.78, 5) is 0. The molecule has 1 fully saturated rings. The van der Waals surface area contributed by atoms with Gasteiger partial charge in [0.25, 0.3) is 0 Å². The van der Waals surface area contributed by atoms with Crippen molar-refractivity contribution in [2.75, 3.05) is 7.11 Å². The number of halogens is 1. The Labute approximate surface area is 139 Å². The fraction of sp³-hybridized carbons (Fsp3) is 0.684. The van der Waals surface area contributed by atoms with Crippen LogP contribution in [0.2, 0.25) is 0 Å². The van der Waals surface area contributed by atoms with Gasteiger partial charge in [0.15, 0.2) is 11.6 Å². The SMILES string of the molecule is COc1ccc2c(c1F)CCC2NC1CC(C)(C)NC(C)(C)C1. The molecule has 4 heteroatoms. The summed E-state index contributed by atoms with van der Waals surface area (Å²) in [6.45, 7) is 9.04. The first kappa shape index (κ1) is 16.7. The van der Waals surface area contributed by atoms with E-state index in [0.717, 1.165) is 36.8 Å². The first-order valence-corrected chi connectivity index (χ1v) is 8.61. The Morgan fingerprint density at radius 1 is 1.17 bits per heavy atom. The molecule has 2 aliphatic rings. The minimum Gasteiger partial charge on any atom is -0.494 e. The largest absolute Gasteiger partial charge is 0.494 e. The Hall–Kier alpha value is -1.13. The number of fused-ring (bicyclic) bond motifs is 1. The normalized spacial score (nSPS) is 26.1. The molecule has 1 saturated heterocycles. The van der Waals surface area contributed by atoms with E-state index >= 15 is 0 Å². The van der Waals surface area contributed by atoms with Crippen molar-refractivity contribution < 1.29 is 9.13 Å². The Balaban J connectivity index is 1.78. The predicted octanol–water partition coefficient (Wildman–Crippen LogP) is 3.72. The molecule has 0 spiro atoms. The molecule has 23 heavy (non-hydrogen) atoms. The maximum atomic E-state index is 14.4. The highest BCUT2D eigenvalue weighted by Crippen LogP contribution is 2.38. The summed E-state index contributed by atoms with van der Waals surface area (Å²) in [5.41, 5.74) is 2.17. The third kappa shape index (κ3) is 3.38. The quantitative estimate of drug-likeness (QED) is 0.890. The molecule has 1 aromatic rings. The molecule has 0 saturated carbocycles. The van der Waals surface area contributed by atoms with Crippen molar-refractivity contribution in [2.24, 2.45) is 0 Å². The summed E-state index contributed by atoms with van der Waals surface area (Å²) in [7, 11) is 1.52. The summed E-state index contributed by atoms with van der Waals surface area (Å²) < 4.78 is 19.5. The van der Waals surface area contributed by atoms with Gasteiger partial charge in [0.2, 0.25) is 0 Å². The summed E-state index contributed by atoms with van der Waals surface area (Å²) in [5.74, 6) is 0.175. The molecule has 1 aromatic carbocycles. The van der Waals surface area contributed by atoms with E-state index in [0.29, 0.717) is 11.8 Å². The van der Waals surface area contributed by atoms with Crippen molar-refractivity contribution in [1.29, 1.82) is 0 Å². The number of hydrogen-bond acceptors (Lipinski definition) is 3. The fourth-order valence-corrected chi connectivity index (χ4v) is 4.69. The number of piperidine rings is 1. The molecule has 3 nitrogen and oxygen atoms in total. The van der Waals surface area contributed by atoms with E-state index in [4.69, 9.17) is 4.74 Å². The highest BCUT2D eigenvalue weighted by molar-refractivity contribution is 5.42. The second kappa shape index (κ2) is 5.75. The van der Waals surface area contributed by atoms with E-state index in [1.165, 1.54) is 7.11 Å². The summed E-state index contributed by atoms with van der Waals surface area (Å²) in [6.07, 6.45) is 3.92. The molecule has 0 radical (unpaired) electrons. The van der Waals surface area contributed by atoms with Crippen molar-refractivity contribution in [3.8, 4) is 5.75 Å². The van der Waals surface area contributed by atoms with Crippen LogP contribution in [0.4, 0.5) is 4.39 Å². The maximum Gasteiger partial charge on any atom is 0.168 e.